The third-order valence-corrected chi connectivity index (χ3v) is 11.5. The van der Waals surface area contributed by atoms with Gasteiger partial charge in [0, 0.05) is 41.5 Å². The molecule has 0 radical (unpaired) electrons. The number of aromatic nitrogens is 4. The molecule has 2 aromatic heterocycles. The van der Waals surface area contributed by atoms with Gasteiger partial charge >= 0.3 is 6.01 Å². The van der Waals surface area contributed by atoms with Crippen LogP contribution in [0.1, 0.15) is 28.0 Å². The summed E-state index contributed by atoms with van der Waals surface area (Å²) in [5.41, 5.74) is 6.07. The molecule has 2 aliphatic rings. The van der Waals surface area contributed by atoms with Gasteiger partial charge in [0.2, 0.25) is 0 Å². The summed E-state index contributed by atoms with van der Waals surface area (Å²) < 4.78 is 10.1. The van der Waals surface area contributed by atoms with Crippen molar-refractivity contribution in [3.8, 4) is 17.3 Å². The van der Waals surface area contributed by atoms with Crippen molar-refractivity contribution in [2.45, 2.75) is 26.3 Å². The van der Waals surface area contributed by atoms with Crippen molar-refractivity contribution in [3.63, 3.8) is 0 Å². The minimum Gasteiger partial charge on any atom is -0.453 e. The standard InChI is InChI=1S/C30H34N6O2S/c1-5-27(37)36-18-23(17-31-36)29-24-13-15-35(26-12-7-11-22-10-6-9-21(2)28(22)26)19-25(24)32-30(33-29)38-20-39(4)16-8-14-34(39)3/h5-7,9-12,17-18H,1,8,13-16,19-20H2,2-4H3. The predicted molar refractivity (Wildman–Crippen MR) is 159 cm³/mol. The molecule has 4 heterocycles. The van der Waals surface area contributed by atoms with E-state index < -0.39 is 10.2 Å². The van der Waals surface area contributed by atoms with Gasteiger partial charge in [-0.2, -0.15) is 25.3 Å². The normalized spacial score (nSPS) is 20.9. The first kappa shape index (κ1) is 25.6. The van der Waals surface area contributed by atoms with E-state index in [1.807, 2.05) is 0 Å². The summed E-state index contributed by atoms with van der Waals surface area (Å²) in [7, 11) is 1.16. The molecule has 8 nitrogen and oxygen atoms in total. The second-order valence-electron chi connectivity index (χ2n) is 10.5. The van der Waals surface area contributed by atoms with E-state index in [1.165, 1.54) is 39.2 Å². The molecule has 4 aromatic rings. The fourth-order valence-corrected chi connectivity index (χ4v) is 7.94. The molecule has 0 bridgehead atoms. The van der Waals surface area contributed by atoms with Crippen LogP contribution in [0, 0.1) is 6.92 Å². The molecular weight excluding hydrogens is 508 g/mol. The van der Waals surface area contributed by atoms with Crippen LogP contribution in [0.25, 0.3) is 22.0 Å². The topological polar surface area (TPSA) is 76.4 Å². The maximum Gasteiger partial charge on any atom is 0.318 e. The number of fused-ring (bicyclic) bond motifs is 2. The molecular formula is C30H34N6O2S. The number of ether oxygens (including phenoxy) is 1. The Hall–Kier alpha value is -3.69. The Morgan fingerprint density at radius 1 is 1.18 bits per heavy atom. The molecule has 1 unspecified atom stereocenters. The van der Waals surface area contributed by atoms with Crippen molar-refractivity contribution in [1.29, 1.82) is 0 Å². The highest BCUT2D eigenvalue weighted by atomic mass is 32.3. The molecule has 202 valence electrons. The van der Waals surface area contributed by atoms with Gasteiger partial charge in [0.1, 0.15) is 5.94 Å². The van der Waals surface area contributed by atoms with E-state index in [1.54, 1.807) is 12.4 Å². The van der Waals surface area contributed by atoms with E-state index in [2.05, 4.69) is 77.5 Å². The van der Waals surface area contributed by atoms with E-state index in [0.29, 0.717) is 18.5 Å². The van der Waals surface area contributed by atoms with E-state index in [9.17, 15) is 4.79 Å². The zero-order chi connectivity index (χ0) is 27.1. The minimum atomic E-state index is -1.02. The SMILES string of the molecule is C=CC(=O)n1cc(-c2nc(OCS3(C)CCCN3C)nc3c2CCN(c2cccc4cccc(C)c24)C3)cn1. The van der Waals surface area contributed by atoms with Crippen LogP contribution in [0.5, 0.6) is 6.01 Å². The summed E-state index contributed by atoms with van der Waals surface area (Å²) in [5.74, 6) is 1.48. The second-order valence-corrected chi connectivity index (χ2v) is 14.2. The Labute approximate surface area is 230 Å². The van der Waals surface area contributed by atoms with Crippen LogP contribution in [0.15, 0.2) is 61.4 Å². The molecule has 0 saturated carbocycles. The number of hydrogen-bond acceptors (Lipinski definition) is 7. The third-order valence-electron chi connectivity index (χ3n) is 7.98. The molecule has 0 aliphatic carbocycles. The van der Waals surface area contributed by atoms with Crippen molar-refractivity contribution < 1.29 is 9.53 Å². The molecule has 6 rings (SSSR count). The average Bonchev–Trinajstić information content (AvgIpc) is 3.57. The molecule has 1 saturated heterocycles. The Bertz CT molecular complexity index is 1580. The number of nitrogens with zero attached hydrogens (tertiary/aromatic N) is 6. The lowest BCUT2D eigenvalue weighted by molar-refractivity contribution is 0.0954. The maximum absolute atomic E-state index is 12.2. The summed E-state index contributed by atoms with van der Waals surface area (Å²) in [5, 5.41) is 6.77. The van der Waals surface area contributed by atoms with E-state index in [4.69, 9.17) is 14.7 Å². The smallest absolute Gasteiger partial charge is 0.318 e. The Kier molecular flexibility index (Phi) is 6.64. The summed E-state index contributed by atoms with van der Waals surface area (Å²) in [4.78, 5) is 24.4. The van der Waals surface area contributed by atoms with Gasteiger partial charge in [0.15, 0.2) is 0 Å². The van der Waals surface area contributed by atoms with E-state index in [-0.39, 0.29) is 5.91 Å². The second kappa shape index (κ2) is 10.1. The van der Waals surface area contributed by atoms with Crippen LogP contribution in [0.3, 0.4) is 0 Å². The highest BCUT2D eigenvalue weighted by Gasteiger charge is 2.31. The van der Waals surface area contributed by atoms with Crippen LogP contribution in [0.2, 0.25) is 0 Å². The molecule has 9 heteroatoms. The summed E-state index contributed by atoms with van der Waals surface area (Å²) in [6.07, 6.45) is 8.94. The molecule has 2 aliphatic heterocycles. The van der Waals surface area contributed by atoms with Crippen molar-refractivity contribution in [3.05, 3.63) is 78.3 Å². The van der Waals surface area contributed by atoms with Gasteiger partial charge in [-0.05, 0) is 61.9 Å². The first-order valence-corrected chi connectivity index (χ1v) is 15.6. The fourth-order valence-electron chi connectivity index (χ4n) is 5.65. The molecule has 2 aromatic carbocycles. The lowest BCUT2D eigenvalue weighted by atomic mass is 9.97. The van der Waals surface area contributed by atoms with Gasteiger partial charge in [-0.1, -0.05) is 36.9 Å². The highest BCUT2D eigenvalue weighted by molar-refractivity contribution is 8.31. The molecule has 39 heavy (non-hydrogen) atoms. The zero-order valence-corrected chi connectivity index (χ0v) is 23.6. The molecule has 0 amide bonds. The Morgan fingerprint density at radius 2 is 2.00 bits per heavy atom. The van der Waals surface area contributed by atoms with Gasteiger partial charge in [-0.15, -0.1) is 0 Å². The number of allylic oxidation sites excluding steroid dienone is 1. The van der Waals surface area contributed by atoms with E-state index in [0.717, 1.165) is 47.8 Å². The number of anilines is 1. The molecule has 1 fully saturated rings. The first-order chi connectivity index (χ1) is 18.9. The lowest BCUT2D eigenvalue weighted by Gasteiger charge is -2.37. The van der Waals surface area contributed by atoms with Crippen molar-refractivity contribution in [2.24, 2.45) is 0 Å². The quantitative estimate of drug-likeness (QED) is 0.310. The third kappa shape index (κ3) is 4.70. The maximum atomic E-state index is 12.2. The van der Waals surface area contributed by atoms with Gasteiger partial charge in [-0.3, -0.25) is 9.10 Å². The summed E-state index contributed by atoms with van der Waals surface area (Å²) in [6.45, 7) is 8.33. The van der Waals surface area contributed by atoms with Crippen molar-refractivity contribution in [1.82, 2.24) is 24.1 Å². The van der Waals surface area contributed by atoms with Crippen molar-refractivity contribution in [2.75, 3.05) is 43.0 Å². The molecule has 0 N–H and O–H groups in total. The van der Waals surface area contributed by atoms with Crippen LogP contribution in [-0.2, 0) is 13.0 Å². The van der Waals surface area contributed by atoms with E-state index >= 15 is 0 Å². The van der Waals surface area contributed by atoms with Gasteiger partial charge < -0.3 is 9.64 Å². The summed E-state index contributed by atoms with van der Waals surface area (Å²) in [6, 6.07) is 13.3. The monoisotopic (exact) mass is 542 g/mol. The van der Waals surface area contributed by atoms with Gasteiger partial charge in [0.05, 0.1) is 24.1 Å². The number of carbonyl (C=O) groups excluding carboxylic acids is 1. The fraction of sp³-hybridized carbons (Fsp3) is 0.333. The van der Waals surface area contributed by atoms with Crippen LogP contribution < -0.4 is 9.64 Å². The number of hydrogen-bond donors (Lipinski definition) is 0. The molecule has 0 spiro atoms. The van der Waals surface area contributed by atoms with Crippen LogP contribution in [-0.4, -0.2) is 68.0 Å². The number of carbonyl (C=O) groups is 1. The molecule has 1 atom stereocenters. The minimum absolute atomic E-state index is 0.279. The first-order valence-electron chi connectivity index (χ1n) is 13.3. The Morgan fingerprint density at radius 3 is 2.77 bits per heavy atom. The van der Waals surface area contributed by atoms with Crippen LogP contribution in [0.4, 0.5) is 5.69 Å². The summed E-state index contributed by atoms with van der Waals surface area (Å²) >= 11 is 0. The highest BCUT2D eigenvalue weighted by Crippen LogP contribution is 2.51. The average molecular weight is 543 g/mol. The van der Waals surface area contributed by atoms with Gasteiger partial charge in [-0.25, -0.2) is 4.68 Å². The zero-order valence-electron chi connectivity index (χ0n) is 22.8. The predicted octanol–water partition coefficient (Wildman–Crippen LogP) is 5.21. The number of rotatable bonds is 6. The van der Waals surface area contributed by atoms with Crippen LogP contribution >= 0.6 is 10.2 Å². The van der Waals surface area contributed by atoms with Crippen molar-refractivity contribution >= 4 is 32.6 Å². The number of aryl methyl sites for hydroxylation is 1. The largest absolute Gasteiger partial charge is 0.453 e. The van der Waals surface area contributed by atoms with Gasteiger partial charge in [0.25, 0.3) is 5.91 Å². The Balaban J connectivity index is 1.39. The lowest BCUT2D eigenvalue weighted by Crippen LogP contribution is -2.32. The number of benzene rings is 2.